The summed E-state index contributed by atoms with van der Waals surface area (Å²) in [7, 11) is 2.71. The number of anilines is 1. The average Bonchev–Trinajstić information content (AvgIpc) is 3.49. The quantitative estimate of drug-likeness (QED) is 0.213. The van der Waals surface area contributed by atoms with Crippen LogP contribution in [0.25, 0.3) is 11.2 Å². The summed E-state index contributed by atoms with van der Waals surface area (Å²) in [6, 6.07) is 0. The molecular formula is C24H33N5O9. The Labute approximate surface area is 218 Å². The van der Waals surface area contributed by atoms with E-state index in [-0.39, 0.29) is 18.7 Å². The summed E-state index contributed by atoms with van der Waals surface area (Å²) in [4.78, 5) is 25.1. The van der Waals surface area contributed by atoms with Crippen LogP contribution in [0.5, 0.6) is 0 Å². The SMILES string of the molecule is C/C=C(\C)C(O)O[C@@H]1[C@H](O)C(C(=O)OC)CC2CC3O[C@@H](n4cnc5c(N)ncnc54)[C@H](OC)C3O[C@]21O. The number of nitrogens with zero attached hydrogens (tertiary/aromatic N) is 4. The van der Waals surface area contributed by atoms with E-state index in [2.05, 4.69) is 15.0 Å². The standard InChI is InChI=1S/C24H33N5O9/c1-5-10(2)22(31)37-18-15(30)12(23(32)35-4)6-11-7-13-16(38-24(11,18)33)17(34-3)21(36-13)29-9-28-14-19(25)26-8-27-20(14)29/h5,8-9,11-13,15-18,21-22,30-31,33H,6-7H2,1-4H3,(H2,25,26,27)/b10-5+/t11?,12?,13?,15-,16?,17-,18-,21-,22?,24-/m1/s1. The van der Waals surface area contributed by atoms with E-state index in [9.17, 15) is 20.1 Å². The minimum atomic E-state index is -2.07. The van der Waals surface area contributed by atoms with Gasteiger partial charge in [-0.1, -0.05) is 6.08 Å². The molecule has 14 heteroatoms. The average molecular weight is 536 g/mol. The summed E-state index contributed by atoms with van der Waals surface area (Å²) in [6.45, 7) is 3.35. The number of rotatable bonds is 6. The molecule has 5 N–H and O–H groups in total. The first-order valence-electron chi connectivity index (χ1n) is 12.4. The Balaban J connectivity index is 1.50. The number of ether oxygens (including phenoxy) is 5. The molecule has 2 aromatic rings. The number of carbonyl (C=O) groups is 1. The van der Waals surface area contributed by atoms with Crippen LogP contribution in [-0.4, -0.2) is 97.6 Å². The number of hydrogen-bond donors (Lipinski definition) is 4. The molecule has 14 nitrogen and oxygen atoms in total. The van der Waals surface area contributed by atoms with Gasteiger partial charge in [-0.25, -0.2) is 15.0 Å². The second-order valence-electron chi connectivity index (χ2n) is 9.91. The van der Waals surface area contributed by atoms with Crippen molar-refractivity contribution < 1.29 is 43.8 Å². The third-order valence-electron chi connectivity index (χ3n) is 7.94. The highest BCUT2D eigenvalue weighted by molar-refractivity contribution is 5.81. The zero-order valence-electron chi connectivity index (χ0n) is 21.5. The van der Waals surface area contributed by atoms with E-state index in [1.807, 2.05) is 0 Å². The Bertz CT molecular complexity index is 1220. The summed E-state index contributed by atoms with van der Waals surface area (Å²) < 4.78 is 30.7. The minimum Gasteiger partial charge on any atom is -0.469 e. The van der Waals surface area contributed by atoms with Crippen molar-refractivity contribution in [2.45, 2.75) is 75.5 Å². The number of aliphatic hydroxyl groups excluding tert-OH is 2. The zero-order valence-corrected chi connectivity index (χ0v) is 21.5. The molecule has 10 atom stereocenters. The van der Waals surface area contributed by atoms with Crippen molar-refractivity contribution in [3.05, 3.63) is 24.3 Å². The maximum absolute atomic E-state index is 12.5. The van der Waals surface area contributed by atoms with Gasteiger partial charge in [0.1, 0.15) is 30.2 Å². The Morgan fingerprint density at radius 3 is 2.76 bits per heavy atom. The van der Waals surface area contributed by atoms with Gasteiger partial charge in [0.05, 0.1) is 31.6 Å². The Hall–Kier alpha value is -2.72. The van der Waals surface area contributed by atoms with Crippen LogP contribution in [0, 0.1) is 11.8 Å². The van der Waals surface area contributed by atoms with Crippen LogP contribution in [-0.2, 0) is 28.5 Å². The molecule has 0 spiro atoms. The molecule has 0 amide bonds. The molecular weight excluding hydrogens is 502 g/mol. The molecule has 208 valence electrons. The van der Waals surface area contributed by atoms with Gasteiger partial charge in [0.2, 0.25) is 0 Å². The molecule has 2 aromatic heterocycles. The lowest BCUT2D eigenvalue weighted by Gasteiger charge is -2.54. The second kappa shape index (κ2) is 10.1. The molecule has 2 saturated heterocycles. The summed E-state index contributed by atoms with van der Waals surface area (Å²) in [6.07, 6.45) is -2.48. The van der Waals surface area contributed by atoms with Crippen molar-refractivity contribution in [2.75, 3.05) is 20.0 Å². The van der Waals surface area contributed by atoms with E-state index in [0.717, 1.165) is 0 Å². The van der Waals surface area contributed by atoms with Crippen molar-refractivity contribution in [3.8, 4) is 0 Å². The number of nitrogen functional groups attached to an aromatic ring is 1. The number of fused-ring (bicyclic) bond motifs is 3. The number of hydrogen-bond acceptors (Lipinski definition) is 13. The molecule has 3 fully saturated rings. The molecule has 1 saturated carbocycles. The lowest BCUT2D eigenvalue weighted by molar-refractivity contribution is -0.383. The van der Waals surface area contributed by atoms with Crippen LogP contribution < -0.4 is 5.73 Å². The molecule has 3 aliphatic rings. The highest BCUT2D eigenvalue weighted by atomic mass is 16.7. The van der Waals surface area contributed by atoms with Crippen molar-refractivity contribution in [1.29, 1.82) is 0 Å². The maximum atomic E-state index is 12.5. The van der Waals surface area contributed by atoms with Gasteiger partial charge >= 0.3 is 5.97 Å². The summed E-state index contributed by atoms with van der Waals surface area (Å²) in [5.41, 5.74) is 7.24. The molecule has 4 heterocycles. The third kappa shape index (κ3) is 4.16. The highest BCUT2D eigenvalue weighted by Gasteiger charge is 2.65. The fourth-order valence-corrected chi connectivity index (χ4v) is 5.75. The normalized spacial score (nSPS) is 38.0. The van der Waals surface area contributed by atoms with Crippen molar-refractivity contribution in [2.24, 2.45) is 11.8 Å². The van der Waals surface area contributed by atoms with Crippen molar-refractivity contribution in [3.63, 3.8) is 0 Å². The Morgan fingerprint density at radius 1 is 1.32 bits per heavy atom. The van der Waals surface area contributed by atoms with Crippen LogP contribution in [0.1, 0.15) is 32.9 Å². The van der Waals surface area contributed by atoms with Gasteiger partial charge in [0.25, 0.3) is 0 Å². The van der Waals surface area contributed by atoms with Gasteiger partial charge in [-0.2, -0.15) is 0 Å². The van der Waals surface area contributed by atoms with Gasteiger partial charge < -0.3 is 44.7 Å². The molecule has 1 aliphatic carbocycles. The molecule has 5 unspecified atom stereocenters. The van der Waals surface area contributed by atoms with Crippen LogP contribution >= 0.6 is 0 Å². The van der Waals surface area contributed by atoms with E-state index in [0.29, 0.717) is 16.7 Å². The summed E-state index contributed by atoms with van der Waals surface area (Å²) in [5.74, 6) is -4.23. The highest BCUT2D eigenvalue weighted by Crippen LogP contribution is 2.51. The van der Waals surface area contributed by atoms with Crippen LogP contribution in [0.15, 0.2) is 24.3 Å². The fourth-order valence-electron chi connectivity index (χ4n) is 5.75. The van der Waals surface area contributed by atoms with Gasteiger partial charge in [-0.15, -0.1) is 0 Å². The number of imidazole rings is 1. The fraction of sp³-hybridized carbons (Fsp3) is 0.667. The van der Waals surface area contributed by atoms with Crippen LogP contribution in [0.2, 0.25) is 0 Å². The first kappa shape index (κ1) is 26.9. The lowest BCUT2D eigenvalue weighted by Crippen LogP contribution is -2.69. The zero-order chi connectivity index (χ0) is 27.4. The monoisotopic (exact) mass is 535 g/mol. The van der Waals surface area contributed by atoms with Crippen LogP contribution in [0.3, 0.4) is 0 Å². The molecule has 38 heavy (non-hydrogen) atoms. The first-order valence-corrected chi connectivity index (χ1v) is 12.4. The molecule has 0 bridgehead atoms. The number of methoxy groups -OCH3 is 2. The second-order valence-corrected chi connectivity index (χ2v) is 9.91. The molecule has 0 radical (unpaired) electrons. The van der Waals surface area contributed by atoms with Crippen LogP contribution in [0.4, 0.5) is 5.82 Å². The van der Waals surface area contributed by atoms with E-state index >= 15 is 0 Å². The van der Waals surface area contributed by atoms with Gasteiger partial charge in [-0.05, 0) is 32.3 Å². The molecule has 0 aromatic carbocycles. The predicted octanol–water partition coefficient (Wildman–Crippen LogP) is -0.362. The van der Waals surface area contributed by atoms with Crippen molar-refractivity contribution >= 4 is 23.0 Å². The summed E-state index contributed by atoms with van der Waals surface area (Å²) >= 11 is 0. The number of aromatic nitrogens is 4. The third-order valence-corrected chi connectivity index (χ3v) is 7.94. The van der Waals surface area contributed by atoms with Gasteiger partial charge in [0.15, 0.2) is 29.8 Å². The number of aliphatic hydroxyl groups is 3. The van der Waals surface area contributed by atoms with Gasteiger partial charge in [-0.3, -0.25) is 9.36 Å². The predicted molar refractivity (Wildman–Crippen MR) is 129 cm³/mol. The number of allylic oxidation sites excluding steroid dienone is 1. The minimum absolute atomic E-state index is 0.0511. The smallest absolute Gasteiger partial charge is 0.311 e. The molecule has 5 rings (SSSR count). The first-order chi connectivity index (χ1) is 18.1. The summed E-state index contributed by atoms with van der Waals surface area (Å²) in [5, 5.41) is 33.7. The Kier molecular flexibility index (Phi) is 7.15. The van der Waals surface area contributed by atoms with Crippen molar-refractivity contribution in [1.82, 2.24) is 19.5 Å². The molecule has 2 aliphatic heterocycles. The van der Waals surface area contributed by atoms with E-state index in [4.69, 9.17) is 29.4 Å². The lowest BCUT2D eigenvalue weighted by atomic mass is 9.69. The van der Waals surface area contributed by atoms with E-state index in [1.165, 1.54) is 26.9 Å². The van der Waals surface area contributed by atoms with Gasteiger partial charge in [0, 0.05) is 13.0 Å². The van der Waals surface area contributed by atoms with E-state index in [1.54, 1.807) is 24.5 Å². The number of esters is 1. The maximum Gasteiger partial charge on any atom is 0.311 e. The number of nitrogens with two attached hydrogens (primary N) is 1. The topological polar surface area (TPSA) is 194 Å². The van der Waals surface area contributed by atoms with E-state index < -0.39 is 66.6 Å². The Morgan fingerprint density at radius 2 is 2.08 bits per heavy atom. The number of carbonyl (C=O) groups excluding carboxylic acids is 1. The largest absolute Gasteiger partial charge is 0.469 e.